The van der Waals surface area contributed by atoms with Crippen LogP contribution in [0.3, 0.4) is 0 Å². The van der Waals surface area contributed by atoms with Gasteiger partial charge >= 0.3 is 0 Å². The zero-order chi connectivity index (χ0) is 14.7. The molecule has 1 aromatic carbocycles. The number of nitrogens with zero attached hydrogens (tertiary/aromatic N) is 2. The highest BCUT2D eigenvalue weighted by Gasteiger charge is 2.10. The van der Waals surface area contributed by atoms with Crippen molar-refractivity contribution in [2.45, 2.75) is 39.5 Å². The van der Waals surface area contributed by atoms with Crippen molar-refractivity contribution in [1.29, 1.82) is 0 Å². The summed E-state index contributed by atoms with van der Waals surface area (Å²) < 4.78 is 6.76. The molecule has 0 bridgehead atoms. The SMILES string of the molecule is Cc1cccc2c(=O)n(CC(O)COC(C)C)cnc12. The molecule has 1 atom stereocenters. The molecule has 0 aliphatic rings. The van der Waals surface area contributed by atoms with Crippen LogP contribution in [0.15, 0.2) is 29.3 Å². The Hall–Kier alpha value is -1.72. The Bertz CT molecular complexity index is 649. The molecular weight excluding hydrogens is 256 g/mol. The van der Waals surface area contributed by atoms with Crippen molar-refractivity contribution in [2.24, 2.45) is 0 Å². The molecule has 0 fully saturated rings. The Kier molecular flexibility index (Phi) is 4.52. The molecule has 0 saturated carbocycles. The molecule has 5 heteroatoms. The Morgan fingerprint density at radius 3 is 2.85 bits per heavy atom. The minimum atomic E-state index is -0.723. The van der Waals surface area contributed by atoms with E-state index < -0.39 is 6.10 Å². The summed E-state index contributed by atoms with van der Waals surface area (Å²) in [5.74, 6) is 0. The fourth-order valence-electron chi connectivity index (χ4n) is 2.05. The number of ether oxygens (including phenoxy) is 1. The third-order valence-electron chi connectivity index (χ3n) is 3.08. The first-order valence-corrected chi connectivity index (χ1v) is 6.73. The molecule has 20 heavy (non-hydrogen) atoms. The first-order chi connectivity index (χ1) is 9.49. The molecule has 2 aromatic rings. The molecule has 1 aromatic heterocycles. The number of rotatable bonds is 5. The van der Waals surface area contributed by atoms with Crippen molar-refractivity contribution in [3.8, 4) is 0 Å². The van der Waals surface area contributed by atoms with E-state index in [9.17, 15) is 9.90 Å². The monoisotopic (exact) mass is 276 g/mol. The lowest BCUT2D eigenvalue weighted by Gasteiger charge is -2.15. The summed E-state index contributed by atoms with van der Waals surface area (Å²) in [5, 5.41) is 10.5. The Morgan fingerprint density at radius 2 is 2.15 bits per heavy atom. The van der Waals surface area contributed by atoms with E-state index in [1.165, 1.54) is 10.9 Å². The molecule has 0 saturated heterocycles. The van der Waals surface area contributed by atoms with E-state index in [1.807, 2.05) is 32.9 Å². The average molecular weight is 276 g/mol. The summed E-state index contributed by atoms with van der Waals surface area (Å²) in [7, 11) is 0. The minimum Gasteiger partial charge on any atom is -0.389 e. The van der Waals surface area contributed by atoms with Gasteiger partial charge in [-0.15, -0.1) is 0 Å². The standard InChI is InChI=1S/C15H20N2O3/c1-10(2)20-8-12(18)7-17-9-16-14-11(3)5-4-6-13(14)15(17)19/h4-6,9-10,12,18H,7-8H2,1-3H3. The Labute approximate surface area is 117 Å². The van der Waals surface area contributed by atoms with Gasteiger partial charge in [0.2, 0.25) is 0 Å². The Morgan fingerprint density at radius 1 is 1.40 bits per heavy atom. The van der Waals surface area contributed by atoms with Crippen LogP contribution in [0.2, 0.25) is 0 Å². The maximum Gasteiger partial charge on any atom is 0.261 e. The summed E-state index contributed by atoms with van der Waals surface area (Å²) in [6.45, 7) is 6.11. The summed E-state index contributed by atoms with van der Waals surface area (Å²) in [4.78, 5) is 16.6. The van der Waals surface area contributed by atoms with Crippen molar-refractivity contribution in [3.63, 3.8) is 0 Å². The Balaban J connectivity index is 2.23. The van der Waals surface area contributed by atoms with E-state index >= 15 is 0 Å². The van der Waals surface area contributed by atoms with Gasteiger partial charge in [0, 0.05) is 0 Å². The molecular formula is C15H20N2O3. The number of hydrogen-bond acceptors (Lipinski definition) is 4. The van der Waals surface area contributed by atoms with Crippen LogP contribution in [-0.4, -0.2) is 33.5 Å². The molecule has 1 N–H and O–H groups in total. The highest BCUT2D eigenvalue weighted by Crippen LogP contribution is 2.11. The molecule has 0 amide bonds. The van der Waals surface area contributed by atoms with E-state index in [1.54, 1.807) is 6.07 Å². The number of fused-ring (bicyclic) bond motifs is 1. The van der Waals surface area contributed by atoms with Crippen LogP contribution in [0, 0.1) is 6.92 Å². The van der Waals surface area contributed by atoms with E-state index in [-0.39, 0.29) is 24.8 Å². The highest BCUT2D eigenvalue weighted by atomic mass is 16.5. The lowest BCUT2D eigenvalue weighted by Crippen LogP contribution is -2.30. The van der Waals surface area contributed by atoms with Crippen LogP contribution in [0.4, 0.5) is 0 Å². The van der Waals surface area contributed by atoms with Crippen LogP contribution < -0.4 is 5.56 Å². The number of hydrogen-bond donors (Lipinski definition) is 1. The van der Waals surface area contributed by atoms with E-state index in [0.29, 0.717) is 10.9 Å². The van der Waals surface area contributed by atoms with Crippen molar-refractivity contribution in [2.75, 3.05) is 6.61 Å². The van der Waals surface area contributed by atoms with Gasteiger partial charge in [-0.3, -0.25) is 9.36 Å². The maximum atomic E-state index is 12.3. The zero-order valence-corrected chi connectivity index (χ0v) is 12.0. The van der Waals surface area contributed by atoms with Gasteiger partial charge in [-0.05, 0) is 32.4 Å². The lowest BCUT2D eigenvalue weighted by molar-refractivity contribution is -0.00111. The van der Waals surface area contributed by atoms with Crippen molar-refractivity contribution < 1.29 is 9.84 Å². The van der Waals surface area contributed by atoms with Crippen LogP contribution in [0.25, 0.3) is 10.9 Å². The number of aromatic nitrogens is 2. The molecule has 108 valence electrons. The second-order valence-electron chi connectivity index (χ2n) is 5.21. The van der Waals surface area contributed by atoms with Gasteiger partial charge in [-0.1, -0.05) is 12.1 Å². The number of aliphatic hydroxyl groups is 1. The third kappa shape index (κ3) is 3.23. The van der Waals surface area contributed by atoms with Gasteiger partial charge in [-0.2, -0.15) is 0 Å². The maximum absolute atomic E-state index is 12.3. The van der Waals surface area contributed by atoms with Crippen molar-refractivity contribution in [1.82, 2.24) is 9.55 Å². The van der Waals surface area contributed by atoms with E-state index in [0.717, 1.165) is 5.56 Å². The second kappa shape index (κ2) is 6.15. The van der Waals surface area contributed by atoms with Crippen molar-refractivity contribution in [3.05, 3.63) is 40.4 Å². The van der Waals surface area contributed by atoms with Gasteiger partial charge in [0.1, 0.15) is 0 Å². The smallest absolute Gasteiger partial charge is 0.261 e. The fourth-order valence-corrected chi connectivity index (χ4v) is 2.05. The molecule has 0 radical (unpaired) electrons. The molecule has 1 heterocycles. The summed E-state index contributed by atoms with van der Waals surface area (Å²) in [6.07, 6.45) is 0.814. The normalized spacial score (nSPS) is 13.1. The molecule has 0 aliphatic heterocycles. The van der Waals surface area contributed by atoms with Crippen molar-refractivity contribution >= 4 is 10.9 Å². The van der Waals surface area contributed by atoms with Gasteiger partial charge in [0.05, 0.1) is 42.6 Å². The van der Waals surface area contributed by atoms with E-state index in [4.69, 9.17) is 4.74 Å². The van der Waals surface area contributed by atoms with Crippen LogP contribution in [-0.2, 0) is 11.3 Å². The zero-order valence-electron chi connectivity index (χ0n) is 12.0. The third-order valence-corrected chi connectivity index (χ3v) is 3.08. The largest absolute Gasteiger partial charge is 0.389 e. The van der Waals surface area contributed by atoms with Gasteiger partial charge in [-0.25, -0.2) is 4.98 Å². The molecule has 0 aliphatic carbocycles. The first-order valence-electron chi connectivity index (χ1n) is 6.73. The summed E-state index contributed by atoms with van der Waals surface area (Å²) in [5.41, 5.74) is 1.54. The topological polar surface area (TPSA) is 64.4 Å². The van der Waals surface area contributed by atoms with E-state index in [2.05, 4.69) is 4.98 Å². The predicted molar refractivity (Wildman–Crippen MR) is 77.8 cm³/mol. The number of para-hydroxylation sites is 1. The predicted octanol–water partition coefficient (Wildman–Crippen LogP) is 1.49. The number of benzene rings is 1. The van der Waals surface area contributed by atoms with Crippen LogP contribution in [0.1, 0.15) is 19.4 Å². The molecule has 2 rings (SSSR count). The second-order valence-corrected chi connectivity index (χ2v) is 5.21. The first kappa shape index (κ1) is 14.7. The minimum absolute atomic E-state index is 0.0544. The molecule has 5 nitrogen and oxygen atoms in total. The number of aryl methyl sites for hydroxylation is 1. The van der Waals surface area contributed by atoms with Gasteiger partial charge in [0.15, 0.2) is 0 Å². The number of aliphatic hydroxyl groups excluding tert-OH is 1. The highest BCUT2D eigenvalue weighted by molar-refractivity contribution is 5.80. The average Bonchev–Trinajstić information content (AvgIpc) is 2.40. The summed E-state index contributed by atoms with van der Waals surface area (Å²) in [6, 6.07) is 5.51. The van der Waals surface area contributed by atoms with Gasteiger partial charge < -0.3 is 9.84 Å². The van der Waals surface area contributed by atoms with Crippen LogP contribution in [0.5, 0.6) is 0 Å². The quantitative estimate of drug-likeness (QED) is 0.898. The van der Waals surface area contributed by atoms with Crippen LogP contribution >= 0.6 is 0 Å². The molecule has 0 spiro atoms. The fraction of sp³-hybridized carbons (Fsp3) is 0.467. The molecule has 1 unspecified atom stereocenters. The van der Waals surface area contributed by atoms with Gasteiger partial charge in [0.25, 0.3) is 5.56 Å². The lowest BCUT2D eigenvalue weighted by atomic mass is 10.1. The summed E-state index contributed by atoms with van der Waals surface area (Å²) >= 11 is 0.